The summed E-state index contributed by atoms with van der Waals surface area (Å²) in [6, 6.07) is 0.264. The summed E-state index contributed by atoms with van der Waals surface area (Å²) >= 11 is 0. The average molecular weight is 214 g/mol. The maximum absolute atomic E-state index is 10.4. The number of hydrogen-bond donors (Lipinski definition) is 3. The summed E-state index contributed by atoms with van der Waals surface area (Å²) in [7, 11) is 0. The molecule has 3 nitrogen and oxygen atoms in total. The topological polar surface area (TPSA) is 44.3 Å². The van der Waals surface area contributed by atoms with Crippen LogP contribution in [0.25, 0.3) is 0 Å². The van der Waals surface area contributed by atoms with Gasteiger partial charge in [-0.3, -0.25) is 0 Å². The van der Waals surface area contributed by atoms with Gasteiger partial charge in [0, 0.05) is 6.04 Å². The van der Waals surface area contributed by atoms with Gasteiger partial charge in [-0.25, -0.2) is 0 Å². The molecule has 3 N–H and O–H groups in total. The Balaban J connectivity index is 2.37. The molecule has 1 saturated heterocycles. The van der Waals surface area contributed by atoms with Gasteiger partial charge in [0.2, 0.25) is 0 Å². The van der Waals surface area contributed by atoms with Gasteiger partial charge in [0.15, 0.2) is 0 Å². The van der Waals surface area contributed by atoms with Crippen molar-refractivity contribution in [2.24, 2.45) is 5.92 Å². The molecule has 1 aliphatic heterocycles. The van der Waals surface area contributed by atoms with Crippen LogP contribution in [0, 0.1) is 5.92 Å². The maximum Gasteiger partial charge on any atom is 0.0784 e. The molecule has 1 rings (SSSR count). The lowest BCUT2D eigenvalue weighted by Gasteiger charge is -2.38. The lowest BCUT2D eigenvalue weighted by Crippen LogP contribution is -2.53. The molecule has 3 unspecified atom stereocenters. The van der Waals surface area contributed by atoms with E-state index in [9.17, 15) is 5.11 Å². The highest BCUT2D eigenvalue weighted by molar-refractivity contribution is 4.91. The molecular weight excluding hydrogens is 188 g/mol. The third kappa shape index (κ3) is 4.09. The van der Waals surface area contributed by atoms with Crippen LogP contribution in [0.4, 0.5) is 0 Å². The summed E-state index contributed by atoms with van der Waals surface area (Å²) in [6.45, 7) is 9.24. The highest BCUT2D eigenvalue weighted by Crippen LogP contribution is 2.25. The second-order valence-electron chi connectivity index (χ2n) is 5.10. The first-order chi connectivity index (χ1) is 7.06. The number of aliphatic hydroxyl groups is 1. The Hall–Kier alpha value is -0.120. The van der Waals surface area contributed by atoms with E-state index in [-0.39, 0.29) is 6.04 Å². The van der Waals surface area contributed by atoms with E-state index in [1.807, 2.05) is 6.92 Å². The van der Waals surface area contributed by atoms with Gasteiger partial charge < -0.3 is 15.7 Å². The van der Waals surface area contributed by atoms with Crippen molar-refractivity contribution in [1.82, 2.24) is 10.6 Å². The summed E-state index contributed by atoms with van der Waals surface area (Å²) in [5.41, 5.74) is -0.573. The lowest BCUT2D eigenvalue weighted by molar-refractivity contribution is -0.00371. The molecule has 15 heavy (non-hydrogen) atoms. The van der Waals surface area contributed by atoms with Crippen molar-refractivity contribution in [1.29, 1.82) is 0 Å². The first-order valence-corrected chi connectivity index (χ1v) is 6.22. The van der Waals surface area contributed by atoms with Crippen LogP contribution in [0.3, 0.4) is 0 Å². The quantitative estimate of drug-likeness (QED) is 0.601. The Labute approximate surface area is 93.6 Å². The van der Waals surface area contributed by atoms with E-state index in [4.69, 9.17) is 0 Å². The van der Waals surface area contributed by atoms with Crippen LogP contribution >= 0.6 is 0 Å². The molecule has 0 aliphatic carbocycles. The predicted molar refractivity (Wildman–Crippen MR) is 64.0 cm³/mol. The highest BCUT2D eigenvalue weighted by atomic mass is 16.3. The van der Waals surface area contributed by atoms with Crippen LogP contribution in [0.2, 0.25) is 0 Å². The Bertz CT molecular complexity index is 182. The summed E-state index contributed by atoms with van der Waals surface area (Å²) < 4.78 is 0. The molecule has 1 aliphatic rings. The third-order valence-electron chi connectivity index (χ3n) is 3.47. The van der Waals surface area contributed by atoms with E-state index in [0.29, 0.717) is 0 Å². The van der Waals surface area contributed by atoms with E-state index in [1.165, 1.54) is 6.42 Å². The normalized spacial score (nSPS) is 31.2. The molecule has 0 spiro atoms. The number of piperidine rings is 1. The van der Waals surface area contributed by atoms with Crippen LogP contribution in [0.15, 0.2) is 0 Å². The molecule has 90 valence electrons. The number of rotatable bonds is 5. The minimum Gasteiger partial charge on any atom is -0.389 e. The Morgan fingerprint density at radius 3 is 2.87 bits per heavy atom. The molecule has 0 bridgehead atoms. The average Bonchev–Trinajstić information content (AvgIpc) is 2.18. The SMILES string of the molecule is CCNCCC(C)(O)C1CC(C)CCN1. The van der Waals surface area contributed by atoms with Crippen molar-refractivity contribution in [2.75, 3.05) is 19.6 Å². The van der Waals surface area contributed by atoms with Crippen molar-refractivity contribution in [3.63, 3.8) is 0 Å². The predicted octanol–water partition coefficient (Wildman–Crippen LogP) is 1.13. The van der Waals surface area contributed by atoms with Gasteiger partial charge in [-0.2, -0.15) is 0 Å². The van der Waals surface area contributed by atoms with Crippen LogP contribution in [0.5, 0.6) is 0 Å². The zero-order chi connectivity index (χ0) is 11.3. The van der Waals surface area contributed by atoms with Crippen molar-refractivity contribution in [3.05, 3.63) is 0 Å². The first kappa shape index (κ1) is 12.9. The maximum atomic E-state index is 10.4. The minimum atomic E-state index is -0.573. The zero-order valence-electron chi connectivity index (χ0n) is 10.3. The molecule has 0 aromatic carbocycles. The Morgan fingerprint density at radius 1 is 1.53 bits per heavy atom. The monoisotopic (exact) mass is 214 g/mol. The molecule has 0 aromatic rings. The van der Waals surface area contributed by atoms with E-state index in [2.05, 4.69) is 24.5 Å². The number of hydrogen-bond acceptors (Lipinski definition) is 3. The minimum absolute atomic E-state index is 0.264. The molecule has 1 fully saturated rings. The Morgan fingerprint density at radius 2 is 2.27 bits per heavy atom. The Kier molecular flexibility index (Phi) is 5.03. The fourth-order valence-electron chi connectivity index (χ4n) is 2.27. The van der Waals surface area contributed by atoms with Gasteiger partial charge in [0.1, 0.15) is 0 Å². The fourth-order valence-corrected chi connectivity index (χ4v) is 2.27. The van der Waals surface area contributed by atoms with Gasteiger partial charge in [0.25, 0.3) is 0 Å². The summed E-state index contributed by atoms with van der Waals surface area (Å²) in [5, 5.41) is 17.1. The van der Waals surface area contributed by atoms with E-state index >= 15 is 0 Å². The fraction of sp³-hybridized carbons (Fsp3) is 1.00. The molecule has 1 heterocycles. The molecule has 0 radical (unpaired) electrons. The van der Waals surface area contributed by atoms with Gasteiger partial charge in [-0.15, -0.1) is 0 Å². The summed E-state index contributed by atoms with van der Waals surface area (Å²) in [4.78, 5) is 0. The molecular formula is C12H26N2O. The van der Waals surface area contributed by atoms with Crippen LogP contribution in [-0.2, 0) is 0 Å². The van der Waals surface area contributed by atoms with Gasteiger partial charge in [-0.1, -0.05) is 13.8 Å². The van der Waals surface area contributed by atoms with Gasteiger partial charge >= 0.3 is 0 Å². The van der Waals surface area contributed by atoms with Crippen molar-refractivity contribution >= 4 is 0 Å². The molecule has 3 heteroatoms. The number of nitrogens with one attached hydrogen (secondary N) is 2. The second-order valence-corrected chi connectivity index (χ2v) is 5.10. The highest BCUT2D eigenvalue weighted by Gasteiger charge is 2.33. The molecule has 3 atom stereocenters. The third-order valence-corrected chi connectivity index (χ3v) is 3.47. The smallest absolute Gasteiger partial charge is 0.0784 e. The lowest BCUT2D eigenvalue weighted by atomic mass is 9.83. The van der Waals surface area contributed by atoms with Gasteiger partial charge in [-0.05, 0) is 51.7 Å². The van der Waals surface area contributed by atoms with Crippen molar-refractivity contribution in [3.8, 4) is 0 Å². The zero-order valence-corrected chi connectivity index (χ0v) is 10.3. The van der Waals surface area contributed by atoms with Crippen LogP contribution in [0.1, 0.15) is 40.0 Å². The van der Waals surface area contributed by atoms with E-state index in [0.717, 1.165) is 38.4 Å². The van der Waals surface area contributed by atoms with Crippen LogP contribution in [-0.4, -0.2) is 36.4 Å². The summed E-state index contributed by atoms with van der Waals surface area (Å²) in [5.74, 6) is 0.738. The van der Waals surface area contributed by atoms with Crippen molar-refractivity contribution in [2.45, 2.75) is 51.7 Å². The second kappa shape index (κ2) is 5.83. The molecule has 0 saturated carbocycles. The largest absolute Gasteiger partial charge is 0.389 e. The standard InChI is InChI=1S/C12H26N2O/c1-4-13-8-6-12(3,15)11-9-10(2)5-7-14-11/h10-11,13-15H,4-9H2,1-3H3. The van der Waals surface area contributed by atoms with Crippen LogP contribution < -0.4 is 10.6 Å². The van der Waals surface area contributed by atoms with Crippen molar-refractivity contribution < 1.29 is 5.11 Å². The summed E-state index contributed by atoms with van der Waals surface area (Å²) in [6.07, 6.45) is 3.16. The van der Waals surface area contributed by atoms with E-state index < -0.39 is 5.60 Å². The molecule has 0 aromatic heterocycles. The molecule has 0 amide bonds. The van der Waals surface area contributed by atoms with E-state index in [1.54, 1.807) is 0 Å². The first-order valence-electron chi connectivity index (χ1n) is 6.22. The van der Waals surface area contributed by atoms with Gasteiger partial charge in [0.05, 0.1) is 5.60 Å².